The van der Waals surface area contributed by atoms with Gasteiger partial charge in [-0.05, 0) is 19.3 Å². The average molecular weight is 200 g/mol. The predicted octanol–water partition coefficient (Wildman–Crippen LogP) is 0.512. The Bertz CT molecular complexity index is 230. The van der Waals surface area contributed by atoms with Gasteiger partial charge in [0.15, 0.2) is 0 Å². The van der Waals surface area contributed by atoms with Gasteiger partial charge in [0.25, 0.3) is 0 Å². The van der Waals surface area contributed by atoms with Crippen molar-refractivity contribution in [1.82, 2.24) is 10.2 Å². The zero-order valence-electron chi connectivity index (χ0n) is 8.32. The summed E-state index contributed by atoms with van der Waals surface area (Å²) in [4.78, 5) is 23.3. The Hall–Kier alpha value is -1.26. The quantitative estimate of drug-likeness (QED) is 0.694. The fourth-order valence-electron chi connectivity index (χ4n) is 1.60. The van der Waals surface area contributed by atoms with E-state index in [0.717, 1.165) is 0 Å². The lowest BCUT2D eigenvalue weighted by Gasteiger charge is -2.32. The molecule has 0 radical (unpaired) electrons. The minimum Gasteiger partial charge on any atom is -0.481 e. The van der Waals surface area contributed by atoms with E-state index in [4.69, 9.17) is 5.11 Å². The Balaban J connectivity index is 2.34. The first kappa shape index (κ1) is 10.8. The fraction of sp³-hybridized carbons (Fsp3) is 0.778. The number of rotatable bonds is 4. The second-order valence-electron chi connectivity index (χ2n) is 3.52. The van der Waals surface area contributed by atoms with Gasteiger partial charge in [0.05, 0.1) is 0 Å². The third-order valence-electron chi connectivity index (χ3n) is 2.46. The summed E-state index contributed by atoms with van der Waals surface area (Å²) < 4.78 is 0. The number of amides is 2. The topological polar surface area (TPSA) is 69.6 Å². The number of carbonyl (C=O) groups is 2. The van der Waals surface area contributed by atoms with Crippen LogP contribution < -0.4 is 5.32 Å². The molecule has 5 nitrogen and oxygen atoms in total. The number of nitrogens with zero attached hydrogens (tertiary/aromatic N) is 1. The molecule has 1 rings (SSSR count). The number of urea groups is 1. The van der Waals surface area contributed by atoms with Crippen LogP contribution in [0.15, 0.2) is 0 Å². The number of hydrogen-bond acceptors (Lipinski definition) is 2. The zero-order valence-corrected chi connectivity index (χ0v) is 8.32. The third kappa shape index (κ3) is 2.90. The molecule has 14 heavy (non-hydrogen) atoms. The van der Waals surface area contributed by atoms with Crippen LogP contribution in [0.2, 0.25) is 0 Å². The van der Waals surface area contributed by atoms with Gasteiger partial charge in [-0.1, -0.05) is 0 Å². The molecule has 1 fully saturated rings. The molecule has 0 bridgehead atoms. The van der Waals surface area contributed by atoms with Crippen molar-refractivity contribution in [1.29, 1.82) is 0 Å². The highest BCUT2D eigenvalue weighted by Crippen LogP contribution is 2.12. The molecule has 0 spiro atoms. The van der Waals surface area contributed by atoms with E-state index in [0.29, 0.717) is 26.1 Å². The lowest BCUT2D eigenvalue weighted by molar-refractivity contribution is -0.137. The van der Waals surface area contributed by atoms with Crippen molar-refractivity contribution in [2.24, 2.45) is 5.92 Å². The summed E-state index contributed by atoms with van der Waals surface area (Å²) in [7, 11) is 0. The highest BCUT2D eigenvalue weighted by molar-refractivity contribution is 5.75. The summed E-state index contributed by atoms with van der Waals surface area (Å²) in [6, 6.07) is -0.0425. The molecular formula is C9H16N2O3. The van der Waals surface area contributed by atoms with E-state index in [1.54, 1.807) is 4.90 Å². The van der Waals surface area contributed by atoms with Crippen molar-refractivity contribution in [3.05, 3.63) is 0 Å². The van der Waals surface area contributed by atoms with Crippen molar-refractivity contribution >= 4 is 12.0 Å². The molecule has 1 aliphatic rings. The maximum absolute atomic E-state index is 11.2. The highest BCUT2D eigenvalue weighted by Gasteiger charge is 2.23. The minimum atomic E-state index is -0.773. The third-order valence-corrected chi connectivity index (χ3v) is 2.46. The van der Waals surface area contributed by atoms with E-state index in [9.17, 15) is 9.59 Å². The molecule has 0 aromatic carbocycles. The molecule has 0 aromatic rings. The van der Waals surface area contributed by atoms with Gasteiger partial charge < -0.3 is 15.3 Å². The van der Waals surface area contributed by atoms with Crippen LogP contribution in [0.1, 0.15) is 19.8 Å². The number of nitrogens with one attached hydrogen (secondary N) is 1. The molecule has 1 aliphatic heterocycles. The monoisotopic (exact) mass is 200 g/mol. The standard InChI is InChI=1S/C9H16N2O3/c1-2-11-6-7(3-4-8(12)13)5-10-9(11)14/h7H,2-6H2,1H3,(H,10,14)(H,12,13). The normalized spacial score (nSPS) is 21.9. The number of hydrogen-bond donors (Lipinski definition) is 2. The van der Waals surface area contributed by atoms with Gasteiger partial charge in [-0.25, -0.2) is 4.79 Å². The van der Waals surface area contributed by atoms with Gasteiger partial charge in [-0.3, -0.25) is 4.79 Å². The Morgan fingerprint density at radius 2 is 2.43 bits per heavy atom. The maximum Gasteiger partial charge on any atom is 0.317 e. The molecule has 1 unspecified atom stereocenters. The molecule has 2 amide bonds. The van der Waals surface area contributed by atoms with Crippen molar-refractivity contribution in [2.75, 3.05) is 19.6 Å². The van der Waals surface area contributed by atoms with E-state index >= 15 is 0 Å². The van der Waals surface area contributed by atoms with E-state index in [1.165, 1.54) is 0 Å². The van der Waals surface area contributed by atoms with Crippen LogP contribution in [0.3, 0.4) is 0 Å². The Kier molecular flexibility index (Phi) is 3.73. The van der Waals surface area contributed by atoms with Gasteiger partial charge in [0, 0.05) is 26.1 Å². The minimum absolute atomic E-state index is 0.0425. The molecule has 5 heteroatoms. The molecule has 0 aliphatic carbocycles. The number of aliphatic carboxylic acids is 1. The summed E-state index contributed by atoms with van der Waals surface area (Å²) in [5.74, 6) is -0.506. The highest BCUT2D eigenvalue weighted by atomic mass is 16.4. The van der Waals surface area contributed by atoms with E-state index in [-0.39, 0.29) is 18.4 Å². The van der Waals surface area contributed by atoms with Gasteiger partial charge in [0.1, 0.15) is 0 Å². The average Bonchev–Trinajstić information content (AvgIpc) is 2.16. The predicted molar refractivity (Wildman–Crippen MR) is 51.0 cm³/mol. The largest absolute Gasteiger partial charge is 0.481 e. The smallest absolute Gasteiger partial charge is 0.317 e. The summed E-state index contributed by atoms with van der Waals surface area (Å²) >= 11 is 0. The van der Waals surface area contributed by atoms with Crippen LogP contribution in [-0.2, 0) is 4.79 Å². The Morgan fingerprint density at radius 3 is 3.00 bits per heavy atom. The van der Waals surface area contributed by atoms with Crippen LogP contribution >= 0.6 is 0 Å². The molecule has 1 saturated heterocycles. The Morgan fingerprint density at radius 1 is 1.71 bits per heavy atom. The molecule has 80 valence electrons. The van der Waals surface area contributed by atoms with Gasteiger partial charge in [-0.15, -0.1) is 0 Å². The molecule has 1 heterocycles. The first-order valence-corrected chi connectivity index (χ1v) is 4.88. The Labute approximate surface area is 83.1 Å². The van der Waals surface area contributed by atoms with Crippen LogP contribution in [0.4, 0.5) is 4.79 Å². The first-order chi connectivity index (χ1) is 6.63. The van der Waals surface area contributed by atoms with Crippen molar-refractivity contribution in [3.8, 4) is 0 Å². The molecule has 0 saturated carbocycles. The van der Waals surface area contributed by atoms with Crippen molar-refractivity contribution < 1.29 is 14.7 Å². The SMILES string of the molecule is CCN1CC(CCC(=O)O)CNC1=O. The summed E-state index contributed by atoms with van der Waals surface area (Å²) in [5.41, 5.74) is 0. The van der Waals surface area contributed by atoms with Gasteiger partial charge in [0.2, 0.25) is 0 Å². The van der Waals surface area contributed by atoms with Gasteiger partial charge in [-0.2, -0.15) is 0 Å². The second kappa shape index (κ2) is 4.83. The van der Waals surface area contributed by atoms with Crippen molar-refractivity contribution in [2.45, 2.75) is 19.8 Å². The second-order valence-corrected chi connectivity index (χ2v) is 3.52. The molecular weight excluding hydrogens is 184 g/mol. The first-order valence-electron chi connectivity index (χ1n) is 4.88. The number of carboxylic acid groups (broad SMARTS) is 1. The molecule has 2 N–H and O–H groups in total. The lowest BCUT2D eigenvalue weighted by atomic mass is 10.0. The molecule has 1 atom stereocenters. The zero-order chi connectivity index (χ0) is 10.6. The van der Waals surface area contributed by atoms with E-state index in [2.05, 4.69) is 5.32 Å². The van der Waals surface area contributed by atoms with Crippen LogP contribution in [-0.4, -0.2) is 41.6 Å². The number of carbonyl (C=O) groups excluding carboxylic acids is 1. The van der Waals surface area contributed by atoms with E-state index < -0.39 is 5.97 Å². The summed E-state index contributed by atoms with van der Waals surface area (Å²) in [6.07, 6.45) is 0.810. The molecule has 0 aromatic heterocycles. The fourth-order valence-corrected chi connectivity index (χ4v) is 1.60. The van der Waals surface area contributed by atoms with Crippen LogP contribution in [0.5, 0.6) is 0 Å². The van der Waals surface area contributed by atoms with Crippen LogP contribution in [0.25, 0.3) is 0 Å². The van der Waals surface area contributed by atoms with E-state index in [1.807, 2.05) is 6.92 Å². The number of carboxylic acids is 1. The van der Waals surface area contributed by atoms with Crippen molar-refractivity contribution in [3.63, 3.8) is 0 Å². The van der Waals surface area contributed by atoms with Crippen LogP contribution in [0, 0.1) is 5.92 Å². The lowest BCUT2D eigenvalue weighted by Crippen LogP contribution is -2.50. The summed E-state index contributed by atoms with van der Waals surface area (Å²) in [5, 5.41) is 11.3. The van der Waals surface area contributed by atoms with Gasteiger partial charge >= 0.3 is 12.0 Å². The maximum atomic E-state index is 11.2. The summed E-state index contributed by atoms with van der Waals surface area (Å²) in [6.45, 7) is 3.87.